The number of nitrogens with two attached hydrogens (primary N) is 1. The Labute approximate surface area is 159 Å². The van der Waals surface area contributed by atoms with Crippen LogP contribution in [0.5, 0.6) is 0 Å². The van der Waals surface area contributed by atoms with Gasteiger partial charge in [0.05, 0.1) is 10.9 Å². The van der Waals surface area contributed by atoms with Gasteiger partial charge >= 0.3 is 6.18 Å². The number of likely N-dealkylation sites (tertiary alicyclic amines) is 1. The van der Waals surface area contributed by atoms with Gasteiger partial charge in [0.15, 0.2) is 5.65 Å². The van der Waals surface area contributed by atoms with Gasteiger partial charge in [0.1, 0.15) is 12.1 Å². The maximum atomic E-state index is 13.7. The van der Waals surface area contributed by atoms with E-state index in [9.17, 15) is 13.2 Å². The summed E-state index contributed by atoms with van der Waals surface area (Å²) in [7, 11) is 0. The van der Waals surface area contributed by atoms with Crippen molar-refractivity contribution in [1.29, 1.82) is 0 Å². The Bertz CT molecular complexity index is 977. The van der Waals surface area contributed by atoms with Crippen LogP contribution in [0.3, 0.4) is 0 Å². The van der Waals surface area contributed by atoms with Crippen LogP contribution < -0.4 is 5.73 Å². The maximum absolute atomic E-state index is 13.7. The lowest BCUT2D eigenvalue weighted by molar-refractivity contribution is -0.136. The molecule has 1 aliphatic heterocycles. The summed E-state index contributed by atoms with van der Waals surface area (Å²) in [4.78, 5) is 18.4. The van der Waals surface area contributed by atoms with Crippen molar-refractivity contribution in [2.45, 2.75) is 31.5 Å². The summed E-state index contributed by atoms with van der Waals surface area (Å²) >= 11 is 0. The first-order valence-corrected chi connectivity index (χ1v) is 9.01. The third kappa shape index (κ3) is 3.75. The maximum Gasteiger partial charge on any atom is 0.417 e. The Morgan fingerprint density at radius 1 is 1.25 bits per heavy atom. The van der Waals surface area contributed by atoms with Crippen LogP contribution in [-0.4, -0.2) is 37.9 Å². The Kier molecular flexibility index (Phi) is 4.84. The Morgan fingerprint density at radius 2 is 2.11 bits per heavy atom. The molecule has 1 atom stereocenters. The summed E-state index contributed by atoms with van der Waals surface area (Å²) in [5.41, 5.74) is 6.32. The minimum absolute atomic E-state index is 0.0123. The van der Waals surface area contributed by atoms with E-state index in [0.29, 0.717) is 18.8 Å². The highest BCUT2D eigenvalue weighted by atomic mass is 19.4. The van der Waals surface area contributed by atoms with E-state index in [1.165, 1.54) is 0 Å². The molecule has 0 amide bonds. The SMILES string of the molecule is Nc1ncnc2nc([C@H]3CCCN(Cc4cccnc4)C3)cc(C(F)(F)F)c12. The molecule has 1 aliphatic rings. The fraction of sp³-hybridized carbons (Fsp3) is 0.368. The molecule has 3 aromatic heterocycles. The van der Waals surface area contributed by atoms with Crippen LogP contribution in [0.1, 0.15) is 35.6 Å². The molecule has 0 saturated carbocycles. The minimum atomic E-state index is -4.56. The van der Waals surface area contributed by atoms with Crippen LogP contribution in [-0.2, 0) is 12.7 Å². The van der Waals surface area contributed by atoms with Crippen LogP contribution in [0.15, 0.2) is 36.9 Å². The van der Waals surface area contributed by atoms with Crippen LogP contribution in [0.2, 0.25) is 0 Å². The summed E-state index contributed by atoms with van der Waals surface area (Å²) in [6, 6.07) is 4.98. The van der Waals surface area contributed by atoms with Crippen molar-refractivity contribution >= 4 is 16.9 Å². The summed E-state index contributed by atoms with van der Waals surface area (Å²) in [5.74, 6) is -0.315. The molecule has 0 bridgehead atoms. The molecule has 0 aliphatic carbocycles. The molecule has 0 unspecified atom stereocenters. The lowest BCUT2D eigenvalue weighted by atomic mass is 9.92. The van der Waals surface area contributed by atoms with Crippen molar-refractivity contribution in [2.75, 3.05) is 18.8 Å². The molecule has 0 aromatic carbocycles. The van der Waals surface area contributed by atoms with Gasteiger partial charge in [0.25, 0.3) is 0 Å². The molecule has 3 aromatic rings. The Hall–Kier alpha value is -2.81. The normalized spacial score (nSPS) is 18.5. The molecule has 4 heterocycles. The molecule has 28 heavy (non-hydrogen) atoms. The van der Waals surface area contributed by atoms with E-state index >= 15 is 0 Å². The number of fused-ring (bicyclic) bond motifs is 1. The highest BCUT2D eigenvalue weighted by Crippen LogP contribution is 2.38. The fourth-order valence-corrected chi connectivity index (χ4v) is 3.73. The van der Waals surface area contributed by atoms with E-state index in [4.69, 9.17) is 5.73 Å². The van der Waals surface area contributed by atoms with Crippen LogP contribution in [0.4, 0.5) is 19.0 Å². The third-order valence-electron chi connectivity index (χ3n) is 5.01. The first-order valence-electron chi connectivity index (χ1n) is 9.01. The van der Waals surface area contributed by atoms with Gasteiger partial charge in [-0.05, 0) is 37.1 Å². The van der Waals surface area contributed by atoms with E-state index < -0.39 is 11.7 Å². The number of piperidine rings is 1. The van der Waals surface area contributed by atoms with Crippen LogP contribution in [0.25, 0.3) is 11.0 Å². The summed E-state index contributed by atoms with van der Waals surface area (Å²) < 4.78 is 41.0. The smallest absolute Gasteiger partial charge is 0.383 e. The number of hydrogen-bond donors (Lipinski definition) is 1. The highest BCUT2D eigenvalue weighted by molar-refractivity contribution is 5.89. The van der Waals surface area contributed by atoms with Crippen molar-refractivity contribution < 1.29 is 13.2 Å². The number of nitrogen functional groups attached to an aromatic ring is 1. The quantitative estimate of drug-likeness (QED) is 0.741. The van der Waals surface area contributed by atoms with Crippen LogP contribution in [0, 0.1) is 0 Å². The van der Waals surface area contributed by atoms with Crippen molar-refractivity contribution in [2.24, 2.45) is 0 Å². The lowest BCUT2D eigenvalue weighted by Gasteiger charge is -2.32. The first kappa shape index (κ1) is 18.5. The van der Waals surface area contributed by atoms with Gasteiger partial charge in [0, 0.05) is 37.1 Å². The summed E-state index contributed by atoms with van der Waals surface area (Å²) in [5, 5.41) is -0.234. The molecule has 6 nitrogen and oxygen atoms in total. The number of alkyl halides is 3. The van der Waals surface area contributed by atoms with Crippen molar-refractivity contribution in [3.63, 3.8) is 0 Å². The highest BCUT2D eigenvalue weighted by Gasteiger charge is 2.36. The zero-order valence-electron chi connectivity index (χ0n) is 15.0. The molecule has 146 valence electrons. The zero-order valence-corrected chi connectivity index (χ0v) is 15.0. The van der Waals surface area contributed by atoms with Gasteiger partial charge in [-0.3, -0.25) is 9.88 Å². The molecule has 1 fully saturated rings. The van der Waals surface area contributed by atoms with Gasteiger partial charge in [-0.15, -0.1) is 0 Å². The topological polar surface area (TPSA) is 80.8 Å². The van der Waals surface area contributed by atoms with E-state index in [0.717, 1.165) is 37.3 Å². The monoisotopic (exact) mass is 388 g/mol. The van der Waals surface area contributed by atoms with E-state index in [2.05, 4.69) is 24.8 Å². The Morgan fingerprint density at radius 3 is 2.86 bits per heavy atom. The number of hydrogen-bond acceptors (Lipinski definition) is 6. The minimum Gasteiger partial charge on any atom is -0.383 e. The molecule has 0 radical (unpaired) electrons. The number of nitrogens with zero attached hydrogens (tertiary/aromatic N) is 5. The molecule has 0 spiro atoms. The second kappa shape index (κ2) is 7.31. The Balaban J connectivity index is 1.66. The second-order valence-corrected chi connectivity index (χ2v) is 6.99. The van der Waals surface area contributed by atoms with Gasteiger partial charge in [0.2, 0.25) is 0 Å². The lowest BCUT2D eigenvalue weighted by Crippen LogP contribution is -2.34. The standard InChI is InChI=1S/C19H19F3N6/c20-19(21,22)14-7-15(27-18-16(14)17(23)25-11-26-18)13-4-2-6-28(10-13)9-12-3-1-5-24-8-12/h1,3,5,7-8,11,13H,2,4,6,9-10H2,(H2,23,25,26,27)/t13-/m0/s1. The fourth-order valence-electron chi connectivity index (χ4n) is 3.73. The molecule has 2 N–H and O–H groups in total. The van der Waals surface area contributed by atoms with E-state index in [1.54, 1.807) is 12.4 Å². The summed E-state index contributed by atoms with van der Waals surface area (Å²) in [6.45, 7) is 2.23. The number of halogens is 3. The van der Waals surface area contributed by atoms with Gasteiger partial charge in [-0.2, -0.15) is 13.2 Å². The van der Waals surface area contributed by atoms with Crippen molar-refractivity contribution in [3.8, 4) is 0 Å². The van der Waals surface area contributed by atoms with Gasteiger partial charge < -0.3 is 5.73 Å². The van der Waals surface area contributed by atoms with Crippen LogP contribution >= 0.6 is 0 Å². The number of aromatic nitrogens is 4. The average Bonchev–Trinajstić information content (AvgIpc) is 2.68. The predicted molar refractivity (Wildman–Crippen MR) is 98.2 cm³/mol. The van der Waals surface area contributed by atoms with Crippen molar-refractivity contribution in [3.05, 3.63) is 53.7 Å². The molecule has 4 rings (SSSR count). The number of rotatable bonds is 3. The third-order valence-corrected chi connectivity index (χ3v) is 5.01. The van der Waals surface area contributed by atoms with Gasteiger partial charge in [-0.1, -0.05) is 6.07 Å². The largest absolute Gasteiger partial charge is 0.417 e. The molecular formula is C19H19F3N6. The zero-order chi connectivity index (χ0) is 19.7. The van der Waals surface area contributed by atoms with Gasteiger partial charge in [-0.25, -0.2) is 15.0 Å². The average molecular weight is 388 g/mol. The van der Waals surface area contributed by atoms with Crippen molar-refractivity contribution in [1.82, 2.24) is 24.8 Å². The number of anilines is 1. The predicted octanol–water partition coefficient (Wildman–Crippen LogP) is 3.40. The first-order chi connectivity index (χ1) is 13.4. The number of pyridine rings is 2. The molecule has 1 saturated heterocycles. The summed E-state index contributed by atoms with van der Waals surface area (Å²) in [6.07, 6.45) is 1.77. The second-order valence-electron chi connectivity index (χ2n) is 6.99. The molecule has 9 heteroatoms. The van der Waals surface area contributed by atoms with E-state index in [-0.39, 0.29) is 22.8 Å². The molecular weight excluding hydrogens is 369 g/mol. The van der Waals surface area contributed by atoms with E-state index in [1.807, 2.05) is 12.1 Å².